The van der Waals surface area contributed by atoms with Crippen molar-refractivity contribution in [2.45, 2.75) is 47.0 Å². The summed E-state index contributed by atoms with van der Waals surface area (Å²) in [5.74, 6) is -1.25. The molecule has 0 heterocycles. The second kappa shape index (κ2) is 9.20. The van der Waals surface area contributed by atoms with Crippen molar-refractivity contribution in [2.75, 3.05) is 13.2 Å². The van der Waals surface area contributed by atoms with E-state index in [1.54, 1.807) is 13.0 Å². The molecule has 5 heteroatoms. The lowest BCUT2D eigenvalue weighted by Crippen LogP contribution is -2.26. The number of aliphatic hydroxyl groups excluding tert-OH is 1. The Bertz CT molecular complexity index is 834. The van der Waals surface area contributed by atoms with Gasteiger partial charge in [0.1, 0.15) is 11.6 Å². The van der Waals surface area contributed by atoms with Crippen molar-refractivity contribution in [3.8, 4) is 5.75 Å². The summed E-state index contributed by atoms with van der Waals surface area (Å²) >= 11 is 0. The maximum atomic E-state index is 14.9. The number of benzene rings is 1. The predicted octanol–water partition coefficient (Wildman–Crippen LogP) is 4.90. The van der Waals surface area contributed by atoms with Gasteiger partial charge in [0, 0.05) is 12.1 Å². The van der Waals surface area contributed by atoms with Crippen LogP contribution in [0.1, 0.15) is 62.9 Å². The van der Waals surface area contributed by atoms with Crippen molar-refractivity contribution in [3.63, 3.8) is 0 Å². The highest BCUT2D eigenvalue weighted by Crippen LogP contribution is 2.41. The second-order valence-corrected chi connectivity index (χ2v) is 7.97. The number of amides is 1. The molecule has 0 saturated heterocycles. The molecule has 2 rings (SSSR count). The van der Waals surface area contributed by atoms with Gasteiger partial charge in [-0.05, 0) is 67.9 Å². The maximum absolute atomic E-state index is 14.9. The average molecular weight is 387 g/mol. The van der Waals surface area contributed by atoms with Crippen molar-refractivity contribution in [2.24, 2.45) is 5.41 Å². The Kier molecular flexibility index (Phi) is 7.19. The zero-order valence-corrected chi connectivity index (χ0v) is 17.1. The van der Waals surface area contributed by atoms with Gasteiger partial charge in [0.05, 0.1) is 12.2 Å². The van der Waals surface area contributed by atoms with Crippen LogP contribution in [0.25, 0.3) is 5.83 Å². The number of hydrogen-bond acceptors (Lipinski definition) is 3. The van der Waals surface area contributed by atoms with Crippen LogP contribution in [0.2, 0.25) is 0 Å². The number of rotatable bonds is 6. The van der Waals surface area contributed by atoms with E-state index in [9.17, 15) is 14.3 Å². The molecule has 0 atom stereocenters. The van der Waals surface area contributed by atoms with E-state index in [2.05, 4.69) is 26.1 Å². The van der Waals surface area contributed by atoms with Gasteiger partial charge in [-0.15, -0.1) is 0 Å². The van der Waals surface area contributed by atoms with Gasteiger partial charge >= 0.3 is 0 Å². The molecule has 1 amide bonds. The van der Waals surface area contributed by atoms with Crippen LogP contribution in [0.3, 0.4) is 0 Å². The van der Waals surface area contributed by atoms with Crippen molar-refractivity contribution < 1.29 is 19.4 Å². The van der Waals surface area contributed by atoms with Gasteiger partial charge in [-0.25, -0.2) is 4.39 Å². The van der Waals surface area contributed by atoms with Gasteiger partial charge in [0.15, 0.2) is 0 Å². The summed E-state index contributed by atoms with van der Waals surface area (Å²) in [4.78, 5) is 11.9. The smallest absolute Gasteiger partial charge is 0.251 e. The SMILES string of the molecule is CC1=C(/C=C/C(C)=C(\F)c2ccc(C(=O)NCCO)cc2O)C(C)(C)CCC1. The van der Waals surface area contributed by atoms with Gasteiger partial charge < -0.3 is 15.5 Å². The van der Waals surface area contributed by atoms with E-state index < -0.39 is 11.7 Å². The lowest BCUT2D eigenvalue weighted by atomic mass is 9.72. The Morgan fingerprint density at radius 3 is 2.68 bits per heavy atom. The zero-order chi connectivity index (χ0) is 20.9. The fraction of sp³-hybridized carbons (Fsp3) is 0.435. The van der Waals surface area contributed by atoms with Crippen LogP contribution in [0.15, 0.2) is 47.1 Å². The predicted molar refractivity (Wildman–Crippen MR) is 111 cm³/mol. The molecule has 1 aromatic rings. The van der Waals surface area contributed by atoms with Gasteiger partial charge in [-0.3, -0.25) is 4.79 Å². The molecule has 4 nitrogen and oxygen atoms in total. The molecular formula is C23H30FNO3. The zero-order valence-electron chi connectivity index (χ0n) is 17.1. The molecule has 0 saturated carbocycles. The number of phenols is 1. The highest BCUT2D eigenvalue weighted by molar-refractivity contribution is 5.95. The summed E-state index contributed by atoms with van der Waals surface area (Å²) < 4.78 is 14.9. The molecule has 1 aromatic carbocycles. The molecule has 1 aliphatic carbocycles. The minimum absolute atomic E-state index is 0.0504. The number of aliphatic hydroxyl groups is 1. The van der Waals surface area contributed by atoms with E-state index >= 15 is 0 Å². The number of halogens is 1. The molecule has 0 unspecified atom stereocenters. The lowest BCUT2D eigenvalue weighted by molar-refractivity contribution is 0.0944. The summed E-state index contributed by atoms with van der Waals surface area (Å²) in [5.41, 5.74) is 3.32. The monoisotopic (exact) mass is 387 g/mol. The highest BCUT2D eigenvalue weighted by Gasteiger charge is 2.26. The van der Waals surface area contributed by atoms with Crippen LogP contribution >= 0.6 is 0 Å². The largest absolute Gasteiger partial charge is 0.507 e. The van der Waals surface area contributed by atoms with Crippen molar-refractivity contribution in [1.82, 2.24) is 5.32 Å². The van der Waals surface area contributed by atoms with Crippen LogP contribution in [-0.2, 0) is 0 Å². The topological polar surface area (TPSA) is 69.6 Å². The summed E-state index contributed by atoms with van der Waals surface area (Å²) in [7, 11) is 0. The molecule has 0 aromatic heterocycles. The van der Waals surface area contributed by atoms with E-state index in [1.165, 1.54) is 35.8 Å². The minimum Gasteiger partial charge on any atom is -0.507 e. The van der Waals surface area contributed by atoms with Gasteiger partial charge in [0.2, 0.25) is 0 Å². The number of aromatic hydroxyl groups is 1. The Balaban J connectivity index is 2.27. The standard InChI is InChI=1S/C23H30FNO3/c1-15-6-5-11-23(3,4)19(15)10-7-16(2)21(24)18-9-8-17(14-20(18)27)22(28)25-12-13-26/h7-10,14,26-27H,5-6,11-13H2,1-4H3,(H,25,28)/b10-7+,21-16-. The van der Waals surface area contributed by atoms with Crippen molar-refractivity contribution in [3.05, 3.63) is 58.2 Å². The van der Waals surface area contributed by atoms with Crippen LogP contribution in [0.4, 0.5) is 4.39 Å². The van der Waals surface area contributed by atoms with E-state index in [1.807, 2.05) is 6.08 Å². The summed E-state index contributed by atoms with van der Waals surface area (Å²) in [5, 5.41) is 21.4. The first-order chi connectivity index (χ1) is 13.2. The van der Waals surface area contributed by atoms with E-state index in [0.29, 0.717) is 5.57 Å². The first-order valence-corrected chi connectivity index (χ1v) is 9.64. The molecule has 152 valence electrons. The van der Waals surface area contributed by atoms with E-state index in [0.717, 1.165) is 12.8 Å². The molecule has 0 aliphatic heterocycles. The van der Waals surface area contributed by atoms with Crippen LogP contribution in [0.5, 0.6) is 5.75 Å². The van der Waals surface area contributed by atoms with Crippen molar-refractivity contribution >= 4 is 11.7 Å². The van der Waals surface area contributed by atoms with E-state index in [4.69, 9.17) is 5.11 Å². The normalized spacial score (nSPS) is 17.6. The number of allylic oxidation sites excluding steroid dienone is 5. The third-order valence-electron chi connectivity index (χ3n) is 5.28. The fourth-order valence-electron chi connectivity index (χ4n) is 3.63. The number of hydrogen-bond donors (Lipinski definition) is 3. The minimum atomic E-state index is -0.525. The third-order valence-corrected chi connectivity index (χ3v) is 5.28. The summed E-state index contributed by atoms with van der Waals surface area (Å²) in [6.45, 7) is 8.14. The number of carbonyl (C=O) groups excluding carboxylic acids is 1. The molecule has 1 aliphatic rings. The maximum Gasteiger partial charge on any atom is 0.251 e. The van der Waals surface area contributed by atoms with Crippen LogP contribution < -0.4 is 5.32 Å². The Hall–Kier alpha value is -2.40. The number of carbonyl (C=O) groups is 1. The van der Waals surface area contributed by atoms with Crippen LogP contribution in [-0.4, -0.2) is 29.3 Å². The summed E-state index contributed by atoms with van der Waals surface area (Å²) in [6.07, 6.45) is 7.08. The molecule has 3 N–H and O–H groups in total. The van der Waals surface area contributed by atoms with Crippen LogP contribution in [0, 0.1) is 5.41 Å². The molecule has 0 bridgehead atoms. The molecule has 0 radical (unpaired) electrons. The third kappa shape index (κ3) is 5.10. The summed E-state index contributed by atoms with van der Waals surface area (Å²) in [6, 6.07) is 4.08. The average Bonchev–Trinajstić information content (AvgIpc) is 2.64. The highest BCUT2D eigenvalue weighted by atomic mass is 19.1. The Morgan fingerprint density at radius 1 is 1.36 bits per heavy atom. The number of phenolic OH excluding ortho intramolecular Hbond substituents is 1. The lowest BCUT2D eigenvalue weighted by Gasteiger charge is -2.33. The Labute approximate surface area is 166 Å². The van der Waals surface area contributed by atoms with Gasteiger partial charge in [-0.2, -0.15) is 0 Å². The van der Waals surface area contributed by atoms with Gasteiger partial charge in [0.25, 0.3) is 5.91 Å². The molecule has 0 spiro atoms. The first kappa shape index (κ1) is 21.9. The molecule has 28 heavy (non-hydrogen) atoms. The first-order valence-electron chi connectivity index (χ1n) is 9.64. The molecule has 0 fully saturated rings. The Morgan fingerprint density at radius 2 is 2.07 bits per heavy atom. The number of nitrogens with one attached hydrogen (secondary N) is 1. The van der Waals surface area contributed by atoms with E-state index in [-0.39, 0.29) is 35.4 Å². The fourth-order valence-corrected chi connectivity index (χ4v) is 3.63. The quantitative estimate of drug-likeness (QED) is 0.608. The second-order valence-electron chi connectivity index (χ2n) is 7.97. The molecular weight excluding hydrogens is 357 g/mol. The van der Waals surface area contributed by atoms with Crippen molar-refractivity contribution in [1.29, 1.82) is 0 Å². The van der Waals surface area contributed by atoms with Gasteiger partial charge in [-0.1, -0.05) is 31.6 Å².